The van der Waals surface area contributed by atoms with Gasteiger partial charge in [0.15, 0.2) is 5.16 Å². The maximum absolute atomic E-state index is 12.0. The number of aryl methyl sites for hydroxylation is 1. The van der Waals surface area contributed by atoms with Crippen LogP contribution in [0.1, 0.15) is 44.2 Å². The van der Waals surface area contributed by atoms with E-state index in [0.29, 0.717) is 11.3 Å². The Morgan fingerprint density at radius 2 is 2.29 bits per heavy atom. The van der Waals surface area contributed by atoms with Crippen LogP contribution < -0.4 is 11.1 Å². The van der Waals surface area contributed by atoms with E-state index in [0.717, 1.165) is 49.4 Å². The number of nitrogens with zero attached hydrogens (tertiary/aromatic N) is 2. The molecule has 2 unspecified atom stereocenters. The van der Waals surface area contributed by atoms with Gasteiger partial charge in [0.05, 0.1) is 5.54 Å². The quantitative estimate of drug-likeness (QED) is 0.811. The van der Waals surface area contributed by atoms with E-state index in [2.05, 4.69) is 15.3 Å². The minimum absolute atomic E-state index is 0.204. The maximum Gasteiger partial charge on any atom is 0.237 e. The molecule has 1 aromatic heterocycles. The second kappa shape index (κ2) is 5.93. The number of hydrogen-bond donors (Lipinski definition) is 2. The van der Waals surface area contributed by atoms with Gasteiger partial charge in [-0.1, -0.05) is 11.8 Å². The van der Waals surface area contributed by atoms with E-state index in [9.17, 15) is 4.79 Å². The lowest BCUT2D eigenvalue weighted by molar-refractivity contribution is -0.125. The van der Waals surface area contributed by atoms with Gasteiger partial charge in [-0.2, -0.15) is 0 Å². The Hall–Kier alpha value is -1.14. The summed E-state index contributed by atoms with van der Waals surface area (Å²) in [7, 11) is 0. The van der Waals surface area contributed by atoms with Crippen LogP contribution in [0.25, 0.3) is 0 Å². The van der Waals surface area contributed by atoms with E-state index < -0.39 is 5.54 Å². The fourth-order valence-electron chi connectivity index (χ4n) is 3.00. The smallest absolute Gasteiger partial charge is 0.237 e. The van der Waals surface area contributed by atoms with Crippen LogP contribution in [0.3, 0.4) is 0 Å². The van der Waals surface area contributed by atoms with Crippen LogP contribution in [0.2, 0.25) is 0 Å². The molecule has 0 aromatic carbocycles. The molecule has 2 aliphatic rings. The maximum atomic E-state index is 12.0. The summed E-state index contributed by atoms with van der Waals surface area (Å²) in [5, 5.41) is 4.65. The summed E-state index contributed by atoms with van der Waals surface area (Å²) in [4.78, 5) is 20.8. The zero-order chi connectivity index (χ0) is 14.9. The lowest BCUT2D eigenvalue weighted by atomic mass is 9.80. The molecule has 3 N–H and O–H groups in total. The predicted molar refractivity (Wildman–Crippen MR) is 83.0 cm³/mol. The zero-order valence-electron chi connectivity index (χ0n) is 12.3. The van der Waals surface area contributed by atoms with Crippen LogP contribution in [0.15, 0.2) is 17.4 Å². The largest absolute Gasteiger partial charge is 0.368 e. The number of carbonyl (C=O) groups excluding carboxylic acids is 1. The van der Waals surface area contributed by atoms with Crippen molar-refractivity contribution in [2.24, 2.45) is 5.73 Å². The van der Waals surface area contributed by atoms with E-state index in [4.69, 9.17) is 5.73 Å². The van der Waals surface area contributed by atoms with Crippen molar-refractivity contribution >= 4 is 17.7 Å². The van der Waals surface area contributed by atoms with Crippen LogP contribution in [0.5, 0.6) is 0 Å². The Morgan fingerprint density at radius 3 is 2.95 bits per heavy atom. The van der Waals surface area contributed by atoms with Gasteiger partial charge in [-0.15, -0.1) is 0 Å². The van der Waals surface area contributed by atoms with E-state index >= 15 is 0 Å². The van der Waals surface area contributed by atoms with Gasteiger partial charge >= 0.3 is 0 Å². The van der Waals surface area contributed by atoms with Crippen LogP contribution in [0, 0.1) is 6.92 Å². The number of thioether (sulfide) groups is 1. The second-order valence-corrected chi connectivity index (χ2v) is 7.45. The highest BCUT2D eigenvalue weighted by Crippen LogP contribution is 2.39. The molecular weight excluding hydrogens is 284 g/mol. The summed E-state index contributed by atoms with van der Waals surface area (Å²) in [5.74, 6) is -0.204. The molecule has 2 aliphatic carbocycles. The molecule has 2 saturated carbocycles. The SMILES string of the molecule is Cc1ccnc(SC2CCCC(NC3CC3)(C(N)=O)C2)n1. The first kappa shape index (κ1) is 14.8. The number of rotatable bonds is 5. The molecule has 1 heterocycles. The Balaban J connectivity index is 1.70. The van der Waals surface area contributed by atoms with Crippen LogP contribution in [-0.4, -0.2) is 32.7 Å². The summed E-state index contributed by atoms with van der Waals surface area (Å²) in [5.41, 5.74) is 6.16. The van der Waals surface area contributed by atoms with Crippen molar-refractivity contribution in [3.05, 3.63) is 18.0 Å². The van der Waals surface area contributed by atoms with Crippen molar-refractivity contribution < 1.29 is 4.79 Å². The minimum atomic E-state index is -0.527. The van der Waals surface area contributed by atoms with Gasteiger partial charge in [-0.25, -0.2) is 9.97 Å². The average molecular weight is 306 g/mol. The predicted octanol–water partition coefficient (Wildman–Crippen LogP) is 1.80. The molecule has 114 valence electrons. The first-order chi connectivity index (χ1) is 10.1. The Bertz CT molecular complexity index is 534. The third-order valence-electron chi connectivity index (χ3n) is 4.28. The molecule has 5 nitrogen and oxygen atoms in total. The van der Waals surface area contributed by atoms with Gasteiger partial charge in [-0.3, -0.25) is 4.79 Å². The van der Waals surface area contributed by atoms with Crippen molar-refractivity contribution in [1.82, 2.24) is 15.3 Å². The molecule has 6 heteroatoms. The van der Waals surface area contributed by atoms with Gasteiger partial charge in [0.1, 0.15) is 0 Å². The van der Waals surface area contributed by atoms with Crippen molar-refractivity contribution in [1.29, 1.82) is 0 Å². The van der Waals surface area contributed by atoms with Crippen LogP contribution >= 0.6 is 11.8 Å². The fourth-order valence-corrected chi connectivity index (χ4v) is 4.27. The van der Waals surface area contributed by atoms with Crippen molar-refractivity contribution in [2.75, 3.05) is 0 Å². The number of primary amides is 1. The summed E-state index contributed by atoms with van der Waals surface area (Å²) in [6.45, 7) is 1.97. The number of hydrogen-bond acceptors (Lipinski definition) is 5. The van der Waals surface area contributed by atoms with E-state index in [-0.39, 0.29) is 5.91 Å². The highest BCUT2D eigenvalue weighted by Gasteiger charge is 2.44. The Labute approximate surface area is 129 Å². The molecule has 0 saturated heterocycles. The molecular formula is C15H22N4OS. The third kappa shape index (κ3) is 3.55. The highest BCUT2D eigenvalue weighted by atomic mass is 32.2. The minimum Gasteiger partial charge on any atom is -0.368 e. The summed E-state index contributed by atoms with van der Waals surface area (Å²) in [6.07, 6.45) is 7.85. The van der Waals surface area contributed by atoms with Crippen molar-refractivity contribution in [3.63, 3.8) is 0 Å². The van der Waals surface area contributed by atoms with Crippen molar-refractivity contribution in [3.8, 4) is 0 Å². The molecule has 3 rings (SSSR count). The number of nitrogens with two attached hydrogens (primary N) is 1. The van der Waals surface area contributed by atoms with Crippen molar-refractivity contribution in [2.45, 2.75) is 67.4 Å². The lowest BCUT2D eigenvalue weighted by Gasteiger charge is -2.39. The molecule has 21 heavy (non-hydrogen) atoms. The van der Waals surface area contributed by atoms with Gasteiger partial charge in [0.2, 0.25) is 5.91 Å². The van der Waals surface area contributed by atoms with Gasteiger partial charge < -0.3 is 11.1 Å². The number of nitrogens with one attached hydrogen (secondary N) is 1. The van der Waals surface area contributed by atoms with Crippen LogP contribution in [-0.2, 0) is 4.79 Å². The Morgan fingerprint density at radius 1 is 1.48 bits per heavy atom. The third-order valence-corrected chi connectivity index (χ3v) is 5.42. The fraction of sp³-hybridized carbons (Fsp3) is 0.667. The standard InChI is InChI=1S/C15H22N4OS/c1-10-6-8-17-14(18-10)21-12-3-2-7-15(9-12,13(16)20)19-11-4-5-11/h6,8,11-12,19H,2-5,7,9H2,1H3,(H2,16,20). The summed E-state index contributed by atoms with van der Waals surface area (Å²) < 4.78 is 0. The first-order valence-corrected chi connectivity index (χ1v) is 8.49. The molecule has 0 bridgehead atoms. The van der Waals surface area contributed by atoms with Gasteiger partial charge in [0.25, 0.3) is 0 Å². The lowest BCUT2D eigenvalue weighted by Crippen LogP contribution is -2.59. The monoisotopic (exact) mass is 306 g/mol. The average Bonchev–Trinajstić information content (AvgIpc) is 3.23. The first-order valence-electron chi connectivity index (χ1n) is 7.61. The molecule has 1 amide bonds. The van der Waals surface area contributed by atoms with Gasteiger partial charge in [0, 0.05) is 23.2 Å². The van der Waals surface area contributed by atoms with E-state index in [1.807, 2.05) is 13.0 Å². The molecule has 2 atom stereocenters. The number of amides is 1. The second-order valence-electron chi connectivity index (χ2n) is 6.18. The molecule has 0 aliphatic heterocycles. The Kier molecular flexibility index (Phi) is 4.17. The topological polar surface area (TPSA) is 80.9 Å². The summed E-state index contributed by atoms with van der Waals surface area (Å²) in [6, 6.07) is 2.38. The number of carbonyl (C=O) groups is 1. The molecule has 0 radical (unpaired) electrons. The molecule has 0 spiro atoms. The molecule has 2 fully saturated rings. The summed E-state index contributed by atoms with van der Waals surface area (Å²) >= 11 is 1.68. The van der Waals surface area contributed by atoms with Crippen LogP contribution in [0.4, 0.5) is 0 Å². The van der Waals surface area contributed by atoms with Gasteiger partial charge in [-0.05, 0) is 51.5 Å². The number of aromatic nitrogens is 2. The van der Waals surface area contributed by atoms with E-state index in [1.165, 1.54) is 0 Å². The molecule has 1 aromatic rings. The zero-order valence-corrected chi connectivity index (χ0v) is 13.2. The van der Waals surface area contributed by atoms with E-state index in [1.54, 1.807) is 18.0 Å². The highest BCUT2D eigenvalue weighted by molar-refractivity contribution is 7.99. The normalized spacial score (nSPS) is 29.3.